The maximum absolute atomic E-state index is 11.6. The van der Waals surface area contributed by atoms with E-state index >= 15 is 0 Å². The number of ether oxygens (including phenoxy) is 1. The number of piperidine rings is 1. The Morgan fingerprint density at radius 3 is 1.89 bits per heavy atom. The standard InChI is InChI=1S/C17H28N4O2.2C2HF3O2/c1-13(2)23-16(22)19-14-10-17(11-14)4-7-21(8-5-17)12-15-18-6-9-20(15)3;2*3-2(4,5)1(6)7/h6,9,13-14H,4-5,7-8,10-12H2,1-3H3,(H,19,22);2*(H,6,7). The van der Waals surface area contributed by atoms with Crippen molar-refractivity contribution in [3.63, 3.8) is 0 Å². The quantitative estimate of drug-likeness (QED) is 0.487. The van der Waals surface area contributed by atoms with Gasteiger partial charge in [0.1, 0.15) is 5.82 Å². The molecule has 1 amide bonds. The number of nitrogens with one attached hydrogen (secondary N) is 1. The minimum atomic E-state index is -5.08. The van der Waals surface area contributed by atoms with E-state index in [0.29, 0.717) is 11.5 Å². The molecular weight excluding hydrogens is 518 g/mol. The van der Waals surface area contributed by atoms with Crippen LogP contribution in [0.25, 0.3) is 0 Å². The van der Waals surface area contributed by atoms with Gasteiger partial charge in [-0.15, -0.1) is 0 Å². The maximum Gasteiger partial charge on any atom is 0.490 e. The zero-order chi connectivity index (χ0) is 28.6. The maximum atomic E-state index is 11.6. The molecule has 0 bridgehead atoms. The van der Waals surface area contributed by atoms with Crippen molar-refractivity contribution in [1.82, 2.24) is 19.8 Å². The summed E-state index contributed by atoms with van der Waals surface area (Å²) in [6.07, 6.45) is -2.01. The molecule has 10 nitrogen and oxygen atoms in total. The highest BCUT2D eigenvalue weighted by Crippen LogP contribution is 2.49. The fourth-order valence-electron chi connectivity index (χ4n) is 3.84. The molecule has 0 unspecified atom stereocenters. The van der Waals surface area contributed by atoms with Crippen molar-refractivity contribution in [1.29, 1.82) is 0 Å². The predicted octanol–water partition coefficient (Wildman–Crippen LogP) is 3.57. The number of hydrogen-bond acceptors (Lipinski definition) is 6. The fraction of sp³-hybridized carbons (Fsp3) is 0.714. The molecule has 0 radical (unpaired) electrons. The van der Waals surface area contributed by atoms with Gasteiger partial charge in [-0.25, -0.2) is 19.4 Å². The van der Waals surface area contributed by atoms with Gasteiger partial charge in [0.15, 0.2) is 0 Å². The summed E-state index contributed by atoms with van der Waals surface area (Å²) >= 11 is 0. The van der Waals surface area contributed by atoms with Crippen molar-refractivity contribution in [2.75, 3.05) is 13.1 Å². The third-order valence-electron chi connectivity index (χ3n) is 5.71. The zero-order valence-corrected chi connectivity index (χ0v) is 20.4. The summed E-state index contributed by atoms with van der Waals surface area (Å²) in [6.45, 7) is 6.92. The van der Waals surface area contributed by atoms with Gasteiger partial charge in [-0.1, -0.05) is 0 Å². The largest absolute Gasteiger partial charge is 0.490 e. The number of halogens is 6. The molecule has 1 aliphatic heterocycles. The third-order valence-corrected chi connectivity index (χ3v) is 5.71. The van der Waals surface area contributed by atoms with Gasteiger partial charge in [-0.2, -0.15) is 26.3 Å². The highest BCUT2D eigenvalue weighted by molar-refractivity contribution is 5.73. The number of carboxylic acids is 2. The summed E-state index contributed by atoms with van der Waals surface area (Å²) in [5.74, 6) is -4.38. The summed E-state index contributed by atoms with van der Waals surface area (Å²) in [7, 11) is 2.05. The molecule has 3 rings (SSSR count). The molecule has 2 fully saturated rings. The fourth-order valence-corrected chi connectivity index (χ4v) is 3.84. The van der Waals surface area contributed by atoms with Crippen LogP contribution in [0.3, 0.4) is 0 Å². The van der Waals surface area contributed by atoms with Crippen molar-refractivity contribution < 1.29 is 55.7 Å². The number of aryl methyl sites for hydroxylation is 1. The molecule has 2 heterocycles. The van der Waals surface area contributed by atoms with Crippen LogP contribution in [0.5, 0.6) is 0 Å². The first-order valence-corrected chi connectivity index (χ1v) is 11.1. The van der Waals surface area contributed by atoms with E-state index in [1.807, 2.05) is 33.3 Å². The van der Waals surface area contributed by atoms with Crippen LogP contribution in [0.2, 0.25) is 0 Å². The number of hydrogen-bond donors (Lipinski definition) is 3. The monoisotopic (exact) mass is 548 g/mol. The molecule has 37 heavy (non-hydrogen) atoms. The minimum Gasteiger partial charge on any atom is -0.475 e. The number of aliphatic carboxylic acids is 2. The van der Waals surface area contributed by atoms with E-state index in [4.69, 9.17) is 24.5 Å². The van der Waals surface area contributed by atoms with Crippen LogP contribution >= 0.6 is 0 Å². The summed E-state index contributed by atoms with van der Waals surface area (Å²) in [4.78, 5) is 36.3. The second kappa shape index (κ2) is 13.0. The van der Waals surface area contributed by atoms with Crippen LogP contribution in [0.1, 0.15) is 45.4 Å². The highest BCUT2D eigenvalue weighted by atomic mass is 19.4. The molecule has 212 valence electrons. The lowest BCUT2D eigenvalue weighted by molar-refractivity contribution is -0.193. The lowest BCUT2D eigenvalue weighted by atomic mass is 9.60. The lowest BCUT2D eigenvalue weighted by Gasteiger charge is -2.52. The number of alkyl halides is 6. The summed E-state index contributed by atoms with van der Waals surface area (Å²) < 4.78 is 70.7. The van der Waals surface area contributed by atoms with E-state index in [0.717, 1.165) is 38.3 Å². The van der Waals surface area contributed by atoms with Gasteiger partial charge in [-0.3, -0.25) is 4.90 Å². The van der Waals surface area contributed by atoms with Crippen LogP contribution in [-0.2, 0) is 27.9 Å². The van der Waals surface area contributed by atoms with Gasteiger partial charge in [0, 0.05) is 25.5 Å². The van der Waals surface area contributed by atoms with E-state index in [9.17, 15) is 31.1 Å². The molecule has 0 aromatic carbocycles. The van der Waals surface area contributed by atoms with E-state index in [1.54, 1.807) is 0 Å². The van der Waals surface area contributed by atoms with Crippen LogP contribution in [0, 0.1) is 5.41 Å². The Bertz CT molecular complexity index is 878. The number of carbonyl (C=O) groups excluding carboxylic acids is 1. The normalized spacial score (nSPS) is 17.6. The Morgan fingerprint density at radius 1 is 1.08 bits per heavy atom. The number of imidazole rings is 1. The molecule has 1 saturated carbocycles. The summed E-state index contributed by atoms with van der Waals surface area (Å²) in [6, 6.07) is 0.294. The van der Waals surface area contributed by atoms with Gasteiger partial charge in [0.05, 0.1) is 12.6 Å². The number of carbonyl (C=O) groups is 3. The Kier molecular flexibility index (Phi) is 11.2. The van der Waals surface area contributed by atoms with Gasteiger partial charge in [0.25, 0.3) is 0 Å². The number of rotatable bonds is 4. The molecular formula is C21H30F6N4O6. The molecule has 1 aromatic rings. The molecule has 1 aromatic heterocycles. The number of likely N-dealkylation sites (tertiary alicyclic amines) is 1. The number of nitrogens with zero attached hydrogens (tertiary/aromatic N) is 3. The zero-order valence-electron chi connectivity index (χ0n) is 20.4. The first kappa shape index (κ1) is 32.0. The van der Waals surface area contributed by atoms with E-state index in [2.05, 4.69) is 19.8 Å². The Labute approximate surface area is 208 Å². The Morgan fingerprint density at radius 2 is 1.54 bits per heavy atom. The van der Waals surface area contributed by atoms with Crippen LogP contribution < -0.4 is 5.32 Å². The first-order valence-electron chi connectivity index (χ1n) is 11.1. The van der Waals surface area contributed by atoms with Crippen molar-refractivity contribution >= 4 is 18.0 Å². The number of aromatic nitrogens is 2. The van der Waals surface area contributed by atoms with E-state index in [1.165, 1.54) is 12.8 Å². The number of carboxylic acid groups (broad SMARTS) is 2. The Balaban J connectivity index is 0.000000404. The van der Waals surface area contributed by atoms with Crippen LogP contribution in [-0.4, -0.2) is 80.3 Å². The molecule has 2 aliphatic rings. The van der Waals surface area contributed by atoms with Gasteiger partial charge < -0.3 is 24.8 Å². The average Bonchev–Trinajstić information content (AvgIpc) is 3.11. The second-order valence-electron chi connectivity index (χ2n) is 9.04. The highest BCUT2D eigenvalue weighted by Gasteiger charge is 2.46. The SMILES string of the molecule is CC(C)OC(=O)NC1CC2(CCN(Cc3nccn3C)CC2)C1.O=C(O)C(F)(F)F.O=C(O)C(F)(F)F. The Hall–Kier alpha value is -3.04. The van der Waals surface area contributed by atoms with E-state index in [-0.39, 0.29) is 12.2 Å². The molecule has 3 N–H and O–H groups in total. The van der Waals surface area contributed by atoms with Crippen LogP contribution in [0.4, 0.5) is 31.1 Å². The van der Waals surface area contributed by atoms with Gasteiger partial charge in [-0.05, 0) is 58.0 Å². The lowest BCUT2D eigenvalue weighted by Crippen LogP contribution is -2.55. The van der Waals surface area contributed by atoms with Crippen molar-refractivity contribution in [2.24, 2.45) is 12.5 Å². The van der Waals surface area contributed by atoms with Gasteiger partial charge in [0.2, 0.25) is 0 Å². The van der Waals surface area contributed by atoms with Crippen molar-refractivity contribution in [3.8, 4) is 0 Å². The summed E-state index contributed by atoms with van der Waals surface area (Å²) in [5, 5.41) is 17.2. The third kappa shape index (κ3) is 11.3. The van der Waals surface area contributed by atoms with E-state index < -0.39 is 24.3 Å². The second-order valence-corrected chi connectivity index (χ2v) is 9.04. The van der Waals surface area contributed by atoms with Crippen LogP contribution in [0.15, 0.2) is 12.4 Å². The van der Waals surface area contributed by atoms with Gasteiger partial charge >= 0.3 is 30.4 Å². The summed E-state index contributed by atoms with van der Waals surface area (Å²) in [5.41, 5.74) is 0.438. The molecule has 0 atom stereocenters. The molecule has 1 spiro atoms. The molecule has 16 heteroatoms. The number of alkyl carbamates (subject to hydrolysis) is 1. The average molecular weight is 548 g/mol. The first-order chi connectivity index (χ1) is 16.8. The minimum absolute atomic E-state index is 0.0570. The smallest absolute Gasteiger partial charge is 0.475 e. The molecule has 1 aliphatic carbocycles. The number of amides is 1. The van der Waals surface area contributed by atoms with Crippen molar-refractivity contribution in [3.05, 3.63) is 18.2 Å². The topological polar surface area (TPSA) is 134 Å². The van der Waals surface area contributed by atoms with Crippen molar-refractivity contribution in [2.45, 2.75) is 70.6 Å². The predicted molar refractivity (Wildman–Crippen MR) is 115 cm³/mol. The molecule has 1 saturated heterocycles.